The summed E-state index contributed by atoms with van der Waals surface area (Å²) in [4.78, 5) is 11.2. The van der Waals surface area contributed by atoms with Crippen LogP contribution in [0.4, 0.5) is 10.1 Å². The summed E-state index contributed by atoms with van der Waals surface area (Å²) in [5.74, 6) is 1.52. The second-order valence-corrected chi connectivity index (χ2v) is 2.83. The Bertz CT molecular complexity index is 410. The van der Waals surface area contributed by atoms with Crippen LogP contribution in [0.5, 0.6) is 0 Å². The van der Waals surface area contributed by atoms with Gasteiger partial charge in [-0.1, -0.05) is 5.92 Å². The number of amides is 1. The van der Waals surface area contributed by atoms with Crippen molar-refractivity contribution in [3.63, 3.8) is 0 Å². The lowest BCUT2D eigenvalue weighted by molar-refractivity contribution is 0.0962. The van der Waals surface area contributed by atoms with Crippen LogP contribution in [0.15, 0.2) is 18.2 Å². The van der Waals surface area contributed by atoms with Gasteiger partial charge in [-0.15, -0.1) is 6.42 Å². The summed E-state index contributed by atoms with van der Waals surface area (Å²) in [5.41, 5.74) is 0.571. The second kappa shape index (κ2) is 5.01. The molecule has 0 unspecified atom stereocenters. The maximum atomic E-state index is 13.4. The minimum Gasteiger partial charge on any atom is -0.372 e. The van der Waals surface area contributed by atoms with E-state index in [0.717, 1.165) is 6.07 Å². The molecule has 78 valence electrons. The Morgan fingerprint density at radius 2 is 2.33 bits per heavy atom. The van der Waals surface area contributed by atoms with Crippen molar-refractivity contribution in [2.24, 2.45) is 0 Å². The Morgan fingerprint density at radius 1 is 1.60 bits per heavy atom. The Balaban J connectivity index is 2.89. The molecule has 0 atom stereocenters. The van der Waals surface area contributed by atoms with E-state index >= 15 is 0 Å². The molecule has 1 aromatic rings. The quantitative estimate of drug-likeness (QED) is 0.730. The van der Waals surface area contributed by atoms with Gasteiger partial charge in [-0.05, 0) is 18.2 Å². The average molecular weight is 206 g/mol. The molecule has 0 aromatic heterocycles. The fourth-order valence-electron chi connectivity index (χ4n) is 1.09. The van der Waals surface area contributed by atoms with E-state index in [1.807, 2.05) is 0 Å². The molecular formula is C11H11FN2O. The van der Waals surface area contributed by atoms with Crippen LogP contribution in [0.2, 0.25) is 0 Å². The summed E-state index contributed by atoms with van der Waals surface area (Å²) >= 11 is 0. The molecule has 2 N–H and O–H groups in total. The Labute approximate surface area is 87.7 Å². The Hall–Kier alpha value is -2.02. The maximum Gasteiger partial charge on any atom is 0.251 e. The Morgan fingerprint density at radius 3 is 2.87 bits per heavy atom. The number of halogens is 1. The highest BCUT2D eigenvalue weighted by molar-refractivity contribution is 5.94. The minimum atomic E-state index is -0.494. The molecule has 15 heavy (non-hydrogen) atoms. The van der Waals surface area contributed by atoms with E-state index in [1.165, 1.54) is 19.2 Å². The van der Waals surface area contributed by atoms with Crippen LogP contribution in [0, 0.1) is 18.2 Å². The standard InChI is InChI=1S/C11H11FN2O/c1-3-6-14-10-5-4-8(7-9(10)12)11(15)13-2/h1,4-5,7,14H,6H2,2H3,(H,13,15). The normalized spacial score (nSPS) is 9.13. The molecule has 1 amide bonds. The molecule has 0 heterocycles. The fraction of sp³-hybridized carbons (Fsp3) is 0.182. The number of carbonyl (C=O) groups excluding carboxylic acids is 1. The number of hydrogen-bond donors (Lipinski definition) is 2. The molecule has 0 saturated heterocycles. The van der Waals surface area contributed by atoms with Crippen LogP contribution in [0.3, 0.4) is 0 Å². The highest BCUT2D eigenvalue weighted by atomic mass is 19.1. The summed E-state index contributed by atoms with van der Waals surface area (Å²) in [6, 6.07) is 4.18. The molecule has 1 rings (SSSR count). The molecule has 0 spiro atoms. The van der Waals surface area contributed by atoms with Gasteiger partial charge in [0.2, 0.25) is 0 Å². The van der Waals surface area contributed by atoms with Crippen LogP contribution >= 0.6 is 0 Å². The summed E-state index contributed by atoms with van der Waals surface area (Å²) in [6.07, 6.45) is 5.03. The zero-order valence-electron chi connectivity index (χ0n) is 8.30. The molecule has 0 aliphatic rings. The van der Waals surface area contributed by atoms with E-state index < -0.39 is 5.82 Å². The number of hydrogen-bond acceptors (Lipinski definition) is 2. The van der Waals surface area contributed by atoms with Gasteiger partial charge in [0, 0.05) is 12.6 Å². The van der Waals surface area contributed by atoms with Gasteiger partial charge < -0.3 is 10.6 Å². The number of benzene rings is 1. The summed E-state index contributed by atoms with van der Waals surface area (Å²) in [5, 5.41) is 5.12. The predicted molar refractivity (Wildman–Crippen MR) is 57.1 cm³/mol. The number of rotatable bonds is 3. The molecule has 0 aliphatic carbocycles. The first kappa shape index (κ1) is 11.1. The molecule has 0 bridgehead atoms. The first-order valence-electron chi connectivity index (χ1n) is 4.38. The van der Waals surface area contributed by atoms with Gasteiger partial charge >= 0.3 is 0 Å². The topological polar surface area (TPSA) is 41.1 Å². The SMILES string of the molecule is C#CCNc1ccc(C(=O)NC)cc1F. The van der Waals surface area contributed by atoms with E-state index in [4.69, 9.17) is 6.42 Å². The van der Waals surface area contributed by atoms with Gasteiger partial charge in [-0.2, -0.15) is 0 Å². The maximum absolute atomic E-state index is 13.4. The molecular weight excluding hydrogens is 195 g/mol. The van der Waals surface area contributed by atoms with Crippen molar-refractivity contribution in [2.45, 2.75) is 0 Å². The lowest BCUT2D eigenvalue weighted by Gasteiger charge is -2.05. The molecule has 0 aliphatic heterocycles. The first-order chi connectivity index (χ1) is 7.19. The van der Waals surface area contributed by atoms with Gasteiger partial charge in [0.15, 0.2) is 0 Å². The first-order valence-corrected chi connectivity index (χ1v) is 4.38. The zero-order valence-corrected chi connectivity index (χ0v) is 8.30. The van der Waals surface area contributed by atoms with Crippen LogP contribution in [-0.4, -0.2) is 19.5 Å². The van der Waals surface area contributed by atoms with Crippen molar-refractivity contribution in [2.75, 3.05) is 18.9 Å². The number of nitrogens with one attached hydrogen (secondary N) is 2. The smallest absolute Gasteiger partial charge is 0.251 e. The third-order valence-corrected chi connectivity index (χ3v) is 1.84. The van der Waals surface area contributed by atoms with Crippen molar-refractivity contribution < 1.29 is 9.18 Å². The summed E-state index contributed by atoms with van der Waals surface area (Å²) in [7, 11) is 1.49. The molecule has 0 radical (unpaired) electrons. The minimum absolute atomic E-state index is 0.246. The number of terminal acetylenes is 1. The molecule has 0 saturated carbocycles. The van der Waals surface area contributed by atoms with Crippen molar-refractivity contribution in [3.8, 4) is 12.3 Å². The van der Waals surface area contributed by atoms with Crippen molar-refractivity contribution in [3.05, 3.63) is 29.6 Å². The van der Waals surface area contributed by atoms with Gasteiger partial charge in [0.05, 0.1) is 12.2 Å². The highest BCUT2D eigenvalue weighted by Gasteiger charge is 2.07. The van der Waals surface area contributed by atoms with E-state index in [2.05, 4.69) is 16.6 Å². The van der Waals surface area contributed by atoms with Crippen LogP contribution in [-0.2, 0) is 0 Å². The molecule has 0 fully saturated rings. The highest BCUT2D eigenvalue weighted by Crippen LogP contribution is 2.15. The van der Waals surface area contributed by atoms with E-state index in [-0.39, 0.29) is 18.0 Å². The lowest BCUT2D eigenvalue weighted by Crippen LogP contribution is -2.18. The number of carbonyl (C=O) groups is 1. The summed E-state index contributed by atoms with van der Waals surface area (Å²) in [6.45, 7) is 0.246. The van der Waals surface area contributed by atoms with Crippen molar-refractivity contribution >= 4 is 11.6 Å². The monoisotopic (exact) mass is 206 g/mol. The van der Waals surface area contributed by atoms with Crippen LogP contribution in [0.25, 0.3) is 0 Å². The summed E-state index contributed by atoms with van der Waals surface area (Å²) < 4.78 is 13.4. The van der Waals surface area contributed by atoms with Crippen molar-refractivity contribution in [1.29, 1.82) is 0 Å². The van der Waals surface area contributed by atoms with E-state index in [1.54, 1.807) is 0 Å². The molecule has 1 aromatic carbocycles. The molecule has 4 heteroatoms. The Kier molecular flexibility index (Phi) is 3.69. The zero-order chi connectivity index (χ0) is 11.3. The number of anilines is 1. The lowest BCUT2D eigenvalue weighted by atomic mass is 10.2. The van der Waals surface area contributed by atoms with Crippen molar-refractivity contribution in [1.82, 2.24) is 5.32 Å². The van der Waals surface area contributed by atoms with Crippen LogP contribution in [0.1, 0.15) is 10.4 Å². The third kappa shape index (κ3) is 2.71. The predicted octanol–water partition coefficient (Wildman–Crippen LogP) is 1.23. The van der Waals surface area contributed by atoms with Gasteiger partial charge in [-0.25, -0.2) is 4.39 Å². The largest absolute Gasteiger partial charge is 0.372 e. The third-order valence-electron chi connectivity index (χ3n) is 1.84. The van der Waals surface area contributed by atoms with E-state index in [9.17, 15) is 9.18 Å². The van der Waals surface area contributed by atoms with Crippen LogP contribution < -0.4 is 10.6 Å². The van der Waals surface area contributed by atoms with Gasteiger partial charge in [-0.3, -0.25) is 4.79 Å². The van der Waals surface area contributed by atoms with Gasteiger partial charge in [0.25, 0.3) is 5.91 Å². The second-order valence-electron chi connectivity index (χ2n) is 2.83. The molecule has 3 nitrogen and oxygen atoms in total. The average Bonchev–Trinajstić information content (AvgIpc) is 2.26. The fourth-order valence-corrected chi connectivity index (χ4v) is 1.09. The van der Waals surface area contributed by atoms with E-state index in [0.29, 0.717) is 5.69 Å². The van der Waals surface area contributed by atoms with Gasteiger partial charge in [0.1, 0.15) is 5.82 Å².